The van der Waals surface area contributed by atoms with Crippen LogP contribution in [0.2, 0.25) is 0 Å². The van der Waals surface area contributed by atoms with Crippen LogP contribution in [0.5, 0.6) is 0 Å². The molecule has 2 aliphatic heterocycles. The molecule has 0 aromatic heterocycles. The highest BCUT2D eigenvalue weighted by molar-refractivity contribution is 4.95. The Morgan fingerprint density at radius 1 is 0.706 bits per heavy atom. The maximum atomic E-state index is 2.63. The van der Waals surface area contributed by atoms with Crippen LogP contribution in [0, 0.1) is 0 Å². The monoisotopic (exact) mass is 242 g/mol. The van der Waals surface area contributed by atoms with Crippen LogP contribution in [0.3, 0.4) is 0 Å². The average Bonchev–Trinajstić information content (AvgIpc) is 2.41. The lowest BCUT2D eigenvalue weighted by Crippen LogP contribution is -2.55. The molecule has 0 aromatic carbocycles. The van der Waals surface area contributed by atoms with Gasteiger partial charge in [-0.05, 0) is 59.4 Å². The highest BCUT2D eigenvalue weighted by Gasteiger charge is 2.38. The van der Waals surface area contributed by atoms with E-state index in [0.717, 1.165) is 0 Å². The summed E-state index contributed by atoms with van der Waals surface area (Å²) in [5, 5.41) is 0. The van der Waals surface area contributed by atoms with Gasteiger partial charge in [-0.3, -0.25) is 0 Å². The Hall–Kier alpha value is -0.0800. The molecular weight excluding hydrogens is 208 g/mol. The van der Waals surface area contributed by atoms with Gasteiger partial charge in [0, 0.05) is 5.54 Å². The van der Waals surface area contributed by atoms with Crippen molar-refractivity contribution < 1.29 is 0 Å². The first-order chi connectivity index (χ1) is 8.23. The summed E-state index contributed by atoms with van der Waals surface area (Å²) in [6, 6.07) is 0. The van der Waals surface area contributed by atoms with Crippen LogP contribution in [-0.4, -0.2) is 49.1 Å². The molecule has 0 bridgehead atoms. The second-order valence-electron chi connectivity index (χ2n) is 4.91. The molecule has 0 amide bonds. The second kappa shape index (κ2) is 8.93. The third kappa shape index (κ3) is 4.59. The minimum atomic E-state index is 0.588. The molecule has 0 N–H and O–H groups in total. The second-order valence-corrected chi connectivity index (χ2v) is 4.91. The number of rotatable bonds is 0. The highest BCUT2D eigenvalue weighted by Crippen LogP contribution is 2.35. The van der Waals surface area contributed by atoms with Crippen LogP contribution in [0.25, 0.3) is 0 Å². The van der Waals surface area contributed by atoms with Crippen LogP contribution in [0.1, 0.15) is 59.8 Å². The Kier molecular flexibility index (Phi) is 8.89. The van der Waals surface area contributed by atoms with Gasteiger partial charge in [0.25, 0.3) is 0 Å². The number of hydrogen-bond donors (Lipinski definition) is 0. The summed E-state index contributed by atoms with van der Waals surface area (Å²) >= 11 is 0. The van der Waals surface area contributed by atoms with E-state index in [1.807, 2.05) is 27.7 Å². The Labute approximate surface area is 109 Å². The molecule has 2 fully saturated rings. The number of piperidine rings is 2. The SMILES string of the molecule is CC.CC.CN1CCC2(CCCCN2C)CC1. The third-order valence-corrected chi connectivity index (χ3v) is 4.11. The number of likely N-dealkylation sites (tertiary alicyclic amines) is 2. The predicted octanol–water partition coefficient (Wildman–Crippen LogP) is 3.62. The summed E-state index contributed by atoms with van der Waals surface area (Å²) in [4.78, 5) is 5.09. The van der Waals surface area contributed by atoms with Crippen LogP contribution >= 0.6 is 0 Å². The van der Waals surface area contributed by atoms with E-state index in [1.165, 1.54) is 51.7 Å². The van der Waals surface area contributed by atoms with E-state index in [9.17, 15) is 0 Å². The largest absolute Gasteiger partial charge is 0.306 e. The molecule has 0 atom stereocenters. The molecule has 2 rings (SSSR count). The quantitative estimate of drug-likeness (QED) is 0.640. The maximum absolute atomic E-state index is 2.63. The van der Waals surface area contributed by atoms with Gasteiger partial charge >= 0.3 is 0 Å². The molecule has 0 aliphatic carbocycles. The van der Waals surface area contributed by atoms with E-state index in [4.69, 9.17) is 0 Å². The zero-order valence-electron chi connectivity index (χ0n) is 13.1. The van der Waals surface area contributed by atoms with E-state index in [2.05, 4.69) is 23.9 Å². The van der Waals surface area contributed by atoms with Gasteiger partial charge in [-0.15, -0.1) is 0 Å². The van der Waals surface area contributed by atoms with Crippen LogP contribution < -0.4 is 0 Å². The van der Waals surface area contributed by atoms with Gasteiger partial charge in [-0.25, -0.2) is 0 Å². The molecular formula is C15H34N2. The molecule has 0 aromatic rings. The van der Waals surface area contributed by atoms with Crippen molar-refractivity contribution >= 4 is 0 Å². The summed E-state index contributed by atoms with van der Waals surface area (Å²) in [6.45, 7) is 11.9. The molecule has 2 saturated heterocycles. The summed E-state index contributed by atoms with van der Waals surface area (Å²) in [7, 11) is 4.57. The van der Waals surface area contributed by atoms with Gasteiger partial charge in [0.1, 0.15) is 0 Å². The van der Waals surface area contributed by atoms with E-state index < -0.39 is 0 Å². The fraction of sp³-hybridized carbons (Fsp3) is 1.00. The minimum Gasteiger partial charge on any atom is -0.306 e. The van der Waals surface area contributed by atoms with E-state index in [-0.39, 0.29) is 0 Å². The number of nitrogens with zero attached hydrogens (tertiary/aromatic N) is 2. The summed E-state index contributed by atoms with van der Waals surface area (Å²) in [5.74, 6) is 0. The van der Waals surface area contributed by atoms with Crippen molar-refractivity contribution in [3.63, 3.8) is 0 Å². The molecule has 1 spiro atoms. The fourth-order valence-electron chi connectivity index (χ4n) is 2.90. The zero-order chi connectivity index (χ0) is 13.3. The Bertz CT molecular complexity index is 172. The highest BCUT2D eigenvalue weighted by atomic mass is 15.2. The van der Waals surface area contributed by atoms with Crippen molar-refractivity contribution in [2.24, 2.45) is 0 Å². The molecule has 2 nitrogen and oxygen atoms in total. The molecule has 104 valence electrons. The van der Waals surface area contributed by atoms with Crippen molar-refractivity contribution in [2.45, 2.75) is 65.3 Å². The zero-order valence-corrected chi connectivity index (χ0v) is 13.1. The predicted molar refractivity (Wildman–Crippen MR) is 78.6 cm³/mol. The lowest BCUT2D eigenvalue weighted by molar-refractivity contribution is 0.0167. The van der Waals surface area contributed by atoms with Crippen molar-refractivity contribution in [2.75, 3.05) is 33.7 Å². The van der Waals surface area contributed by atoms with Gasteiger partial charge in [0.15, 0.2) is 0 Å². The molecule has 2 aliphatic rings. The first-order valence-corrected chi connectivity index (χ1v) is 7.63. The molecule has 17 heavy (non-hydrogen) atoms. The van der Waals surface area contributed by atoms with Crippen molar-refractivity contribution in [3.05, 3.63) is 0 Å². The van der Waals surface area contributed by atoms with Crippen molar-refractivity contribution in [3.8, 4) is 0 Å². The maximum Gasteiger partial charge on any atom is 0.0230 e. The van der Waals surface area contributed by atoms with Gasteiger partial charge in [0.05, 0.1) is 0 Å². The van der Waals surface area contributed by atoms with Gasteiger partial charge in [-0.1, -0.05) is 34.1 Å². The van der Waals surface area contributed by atoms with Crippen LogP contribution in [-0.2, 0) is 0 Å². The Morgan fingerprint density at radius 2 is 1.24 bits per heavy atom. The topological polar surface area (TPSA) is 6.48 Å². The van der Waals surface area contributed by atoms with Gasteiger partial charge in [0.2, 0.25) is 0 Å². The van der Waals surface area contributed by atoms with Crippen molar-refractivity contribution in [1.29, 1.82) is 0 Å². The first kappa shape index (κ1) is 16.9. The molecule has 0 unspecified atom stereocenters. The van der Waals surface area contributed by atoms with E-state index in [1.54, 1.807) is 0 Å². The van der Waals surface area contributed by atoms with Crippen LogP contribution in [0.4, 0.5) is 0 Å². The Morgan fingerprint density at radius 3 is 1.71 bits per heavy atom. The molecule has 0 radical (unpaired) electrons. The smallest absolute Gasteiger partial charge is 0.0230 e. The average molecular weight is 242 g/mol. The first-order valence-electron chi connectivity index (χ1n) is 7.63. The van der Waals surface area contributed by atoms with Gasteiger partial charge in [-0.2, -0.15) is 0 Å². The van der Waals surface area contributed by atoms with Crippen LogP contribution in [0.15, 0.2) is 0 Å². The third-order valence-electron chi connectivity index (χ3n) is 4.11. The standard InChI is InChI=1S/C11H22N2.2C2H6/c1-12-9-6-11(7-10-12)5-3-4-8-13(11)2;2*1-2/h3-10H2,1-2H3;2*1-2H3. The molecule has 2 heterocycles. The fourth-order valence-corrected chi connectivity index (χ4v) is 2.90. The lowest BCUT2D eigenvalue weighted by Gasteiger charge is -2.49. The summed E-state index contributed by atoms with van der Waals surface area (Å²) < 4.78 is 0. The normalized spacial score (nSPS) is 24.4. The number of hydrogen-bond acceptors (Lipinski definition) is 2. The van der Waals surface area contributed by atoms with E-state index >= 15 is 0 Å². The lowest BCUT2D eigenvalue weighted by atomic mass is 9.79. The minimum absolute atomic E-state index is 0.588. The summed E-state index contributed by atoms with van der Waals surface area (Å²) in [5.41, 5.74) is 0.588. The summed E-state index contributed by atoms with van der Waals surface area (Å²) in [6.07, 6.45) is 7.08. The molecule has 2 heteroatoms. The van der Waals surface area contributed by atoms with E-state index in [0.29, 0.717) is 5.54 Å². The Balaban J connectivity index is 0.000000581. The van der Waals surface area contributed by atoms with Gasteiger partial charge < -0.3 is 9.80 Å². The molecule has 0 saturated carbocycles. The van der Waals surface area contributed by atoms with Crippen molar-refractivity contribution in [1.82, 2.24) is 9.80 Å².